The SMILES string of the molecule is CCCC(CCC)(C(=O)NCCC(=O)N(C)C)C(N)=S. The monoisotopic (exact) mass is 301 g/mol. The van der Waals surface area contributed by atoms with E-state index in [1.54, 1.807) is 14.1 Å². The minimum Gasteiger partial charge on any atom is -0.392 e. The largest absolute Gasteiger partial charge is 0.392 e. The molecule has 0 aromatic rings. The summed E-state index contributed by atoms with van der Waals surface area (Å²) in [7, 11) is 3.38. The number of hydrogen-bond donors (Lipinski definition) is 2. The molecule has 6 heteroatoms. The Labute approximate surface area is 127 Å². The Morgan fingerprint density at radius 2 is 1.70 bits per heavy atom. The fourth-order valence-corrected chi connectivity index (χ4v) is 2.54. The fourth-order valence-electron chi connectivity index (χ4n) is 2.24. The van der Waals surface area contributed by atoms with Crippen LogP contribution in [0.25, 0.3) is 0 Å². The third-order valence-electron chi connectivity index (χ3n) is 3.38. The Bertz CT molecular complexity index is 350. The molecule has 0 aliphatic rings. The number of hydrogen-bond acceptors (Lipinski definition) is 3. The number of rotatable bonds is 9. The van der Waals surface area contributed by atoms with Crippen LogP contribution in [0.3, 0.4) is 0 Å². The van der Waals surface area contributed by atoms with Crippen molar-refractivity contribution in [1.29, 1.82) is 0 Å². The Hall–Kier alpha value is -1.17. The molecule has 0 unspecified atom stereocenters. The number of carbonyl (C=O) groups excluding carboxylic acids is 2. The Kier molecular flexibility index (Phi) is 8.37. The lowest BCUT2D eigenvalue weighted by molar-refractivity contribution is -0.129. The van der Waals surface area contributed by atoms with Crippen LogP contribution >= 0.6 is 12.2 Å². The van der Waals surface area contributed by atoms with Crippen molar-refractivity contribution < 1.29 is 9.59 Å². The van der Waals surface area contributed by atoms with Crippen LogP contribution in [-0.2, 0) is 9.59 Å². The summed E-state index contributed by atoms with van der Waals surface area (Å²) in [6.07, 6.45) is 3.24. The Morgan fingerprint density at radius 1 is 1.20 bits per heavy atom. The molecule has 0 fully saturated rings. The molecule has 0 aromatic carbocycles. The van der Waals surface area contributed by atoms with E-state index in [2.05, 4.69) is 5.32 Å². The molecule has 0 heterocycles. The van der Waals surface area contributed by atoms with Gasteiger partial charge in [0.05, 0.1) is 10.4 Å². The molecular weight excluding hydrogens is 274 g/mol. The molecule has 0 rings (SSSR count). The Morgan fingerprint density at radius 3 is 2.05 bits per heavy atom. The molecule has 0 aliphatic carbocycles. The van der Waals surface area contributed by atoms with Gasteiger partial charge in [-0.3, -0.25) is 9.59 Å². The van der Waals surface area contributed by atoms with Crippen molar-refractivity contribution in [3.63, 3.8) is 0 Å². The third-order valence-corrected chi connectivity index (χ3v) is 3.77. The summed E-state index contributed by atoms with van der Waals surface area (Å²) in [6.45, 7) is 4.32. The van der Waals surface area contributed by atoms with Gasteiger partial charge in [-0.2, -0.15) is 0 Å². The number of nitrogens with one attached hydrogen (secondary N) is 1. The molecule has 0 saturated carbocycles. The molecule has 0 bridgehead atoms. The number of amides is 2. The van der Waals surface area contributed by atoms with Crippen molar-refractivity contribution >= 4 is 29.0 Å². The van der Waals surface area contributed by atoms with Gasteiger partial charge in [0.2, 0.25) is 11.8 Å². The first kappa shape index (κ1) is 18.8. The molecule has 116 valence electrons. The summed E-state index contributed by atoms with van der Waals surface area (Å²) in [5, 5.41) is 2.81. The van der Waals surface area contributed by atoms with Gasteiger partial charge >= 0.3 is 0 Å². The van der Waals surface area contributed by atoms with E-state index in [-0.39, 0.29) is 23.2 Å². The normalized spacial score (nSPS) is 11.0. The molecule has 20 heavy (non-hydrogen) atoms. The van der Waals surface area contributed by atoms with E-state index in [0.29, 0.717) is 19.4 Å². The van der Waals surface area contributed by atoms with E-state index in [0.717, 1.165) is 12.8 Å². The summed E-state index contributed by atoms with van der Waals surface area (Å²) in [5.41, 5.74) is 5.04. The second-order valence-electron chi connectivity index (χ2n) is 5.24. The summed E-state index contributed by atoms with van der Waals surface area (Å²) in [6, 6.07) is 0. The maximum atomic E-state index is 12.4. The maximum absolute atomic E-state index is 12.4. The maximum Gasteiger partial charge on any atom is 0.233 e. The zero-order valence-corrected chi connectivity index (χ0v) is 13.8. The van der Waals surface area contributed by atoms with Crippen LogP contribution in [0, 0.1) is 5.41 Å². The van der Waals surface area contributed by atoms with Gasteiger partial charge < -0.3 is 16.0 Å². The average Bonchev–Trinajstić information content (AvgIpc) is 2.37. The summed E-state index contributed by atoms with van der Waals surface area (Å²) < 4.78 is 0. The Balaban J connectivity index is 4.71. The lowest BCUT2D eigenvalue weighted by atomic mass is 9.78. The van der Waals surface area contributed by atoms with E-state index >= 15 is 0 Å². The molecule has 2 amide bonds. The van der Waals surface area contributed by atoms with Crippen LogP contribution in [0.5, 0.6) is 0 Å². The van der Waals surface area contributed by atoms with Crippen LogP contribution in [-0.4, -0.2) is 42.3 Å². The highest BCUT2D eigenvalue weighted by Crippen LogP contribution is 2.30. The molecule has 5 nitrogen and oxygen atoms in total. The second kappa shape index (κ2) is 8.89. The number of carbonyl (C=O) groups is 2. The topological polar surface area (TPSA) is 75.4 Å². The minimum atomic E-state index is -0.778. The van der Waals surface area contributed by atoms with Crippen molar-refractivity contribution in [2.45, 2.75) is 46.0 Å². The lowest BCUT2D eigenvalue weighted by Gasteiger charge is -2.31. The van der Waals surface area contributed by atoms with E-state index in [1.165, 1.54) is 4.90 Å². The van der Waals surface area contributed by atoms with Gasteiger partial charge in [0.25, 0.3) is 0 Å². The van der Waals surface area contributed by atoms with Gasteiger partial charge in [-0.1, -0.05) is 38.9 Å². The van der Waals surface area contributed by atoms with Crippen molar-refractivity contribution in [2.75, 3.05) is 20.6 Å². The molecule has 0 aromatic heterocycles. The predicted molar refractivity (Wildman–Crippen MR) is 85.4 cm³/mol. The quantitative estimate of drug-likeness (QED) is 0.632. The first-order chi connectivity index (χ1) is 9.31. The highest BCUT2D eigenvalue weighted by molar-refractivity contribution is 7.80. The third kappa shape index (κ3) is 5.07. The van der Waals surface area contributed by atoms with Crippen LogP contribution in [0.15, 0.2) is 0 Å². The van der Waals surface area contributed by atoms with Gasteiger partial charge in [0.1, 0.15) is 0 Å². The molecular formula is C14H27N3O2S. The first-order valence-electron chi connectivity index (χ1n) is 7.10. The molecule has 0 saturated heterocycles. The smallest absolute Gasteiger partial charge is 0.233 e. The highest BCUT2D eigenvalue weighted by Gasteiger charge is 2.39. The molecule has 0 atom stereocenters. The minimum absolute atomic E-state index is 0.0165. The van der Waals surface area contributed by atoms with Crippen LogP contribution < -0.4 is 11.1 Å². The molecule has 0 radical (unpaired) electrons. The van der Waals surface area contributed by atoms with Gasteiger partial charge in [-0.15, -0.1) is 0 Å². The molecule has 0 aliphatic heterocycles. The summed E-state index contributed by atoms with van der Waals surface area (Å²) >= 11 is 5.12. The van der Waals surface area contributed by atoms with E-state index < -0.39 is 5.41 Å². The lowest BCUT2D eigenvalue weighted by Crippen LogP contribution is -2.49. The van der Waals surface area contributed by atoms with Crippen LogP contribution in [0.2, 0.25) is 0 Å². The first-order valence-corrected chi connectivity index (χ1v) is 7.51. The average molecular weight is 301 g/mol. The zero-order valence-electron chi connectivity index (χ0n) is 13.0. The van der Waals surface area contributed by atoms with Gasteiger partial charge in [-0.25, -0.2) is 0 Å². The van der Waals surface area contributed by atoms with Crippen molar-refractivity contribution in [2.24, 2.45) is 11.1 Å². The van der Waals surface area contributed by atoms with E-state index in [9.17, 15) is 9.59 Å². The number of thiocarbonyl (C=S) groups is 1. The number of nitrogens with two attached hydrogens (primary N) is 1. The predicted octanol–water partition coefficient (Wildman–Crippen LogP) is 1.45. The van der Waals surface area contributed by atoms with Crippen molar-refractivity contribution in [1.82, 2.24) is 10.2 Å². The summed E-state index contributed by atoms with van der Waals surface area (Å²) in [5.74, 6) is -0.169. The summed E-state index contributed by atoms with van der Waals surface area (Å²) in [4.78, 5) is 25.7. The van der Waals surface area contributed by atoms with E-state index in [4.69, 9.17) is 18.0 Å². The second-order valence-corrected chi connectivity index (χ2v) is 5.68. The van der Waals surface area contributed by atoms with Crippen molar-refractivity contribution in [3.8, 4) is 0 Å². The number of nitrogens with zero attached hydrogens (tertiary/aromatic N) is 1. The highest BCUT2D eigenvalue weighted by atomic mass is 32.1. The van der Waals surface area contributed by atoms with Crippen molar-refractivity contribution in [3.05, 3.63) is 0 Å². The van der Waals surface area contributed by atoms with Gasteiger partial charge in [0, 0.05) is 27.1 Å². The van der Waals surface area contributed by atoms with Crippen LogP contribution in [0.1, 0.15) is 46.0 Å². The van der Waals surface area contributed by atoms with Gasteiger partial charge in [0.15, 0.2) is 0 Å². The molecule has 3 N–H and O–H groups in total. The van der Waals surface area contributed by atoms with E-state index in [1.807, 2.05) is 13.8 Å². The molecule has 0 spiro atoms. The fraction of sp³-hybridized carbons (Fsp3) is 0.786. The van der Waals surface area contributed by atoms with Gasteiger partial charge in [-0.05, 0) is 12.8 Å². The standard InChI is InChI=1S/C14H27N3O2S/c1-5-8-14(9-6-2,12(15)20)13(19)16-10-7-11(18)17(3)4/h5-10H2,1-4H3,(H2,15,20)(H,16,19). The van der Waals surface area contributed by atoms with Crippen LogP contribution in [0.4, 0.5) is 0 Å². The zero-order chi connectivity index (χ0) is 15.8.